The van der Waals surface area contributed by atoms with E-state index in [1.165, 1.54) is 23.4 Å². The molecule has 2 aliphatic rings. The van der Waals surface area contributed by atoms with Crippen LogP contribution in [0.2, 0.25) is 0 Å². The summed E-state index contributed by atoms with van der Waals surface area (Å²) in [6.07, 6.45) is 4.23. The first-order valence-electron chi connectivity index (χ1n) is 11.7. The molecular formula is C27H28N4O3. The molecule has 174 valence electrons. The van der Waals surface area contributed by atoms with Crippen LogP contribution in [0, 0.1) is 5.92 Å². The molecule has 0 spiro atoms. The Morgan fingerprint density at radius 2 is 1.68 bits per heavy atom. The van der Waals surface area contributed by atoms with E-state index >= 15 is 0 Å². The zero-order chi connectivity index (χ0) is 23.5. The van der Waals surface area contributed by atoms with Crippen molar-refractivity contribution in [2.45, 2.75) is 25.8 Å². The molecule has 3 aromatic rings. The molecule has 0 bridgehead atoms. The second-order valence-electron chi connectivity index (χ2n) is 8.85. The van der Waals surface area contributed by atoms with Gasteiger partial charge in [-0.05, 0) is 61.4 Å². The molecule has 1 aromatic heterocycles. The van der Waals surface area contributed by atoms with E-state index in [2.05, 4.69) is 22.0 Å². The number of nitrogens with zero attached hydrogens (tertiary/aromatic N) is 4. The fourth-order valence-corrected chi connectivity index (χ4v) is 4.79. The van der Waals surface area contributed by atoms with Gasteiger partial charge in [0.15, 0.2) is 0 Å². The first-order chi connectivity index (χ1) is 16.6. The lowest BCUT2D eigenvalue weighted by molar-refractivity contribution is -0.124. The number of hydrogen-bond donors (Lipinski definition) is 1. The van der Waals surface area contributed by atoms with Crippen LogP contribution in [0.3, 0.4) is 0 Å². The van der Waals surface area contributed by atoms with Gasteiger partial charge in [-0.2, -0.15) is 0 Å². The zero-order valence-electron chi connectivity index (χ0n) is 19.0. The third-order valence-corrected chi connectivity index (χ3v) is 6.59. The van der Waals surface area contributed by atoms with Gasteiger partial charge in [-0.3, -0.25) is 14.6 Å². The minimum absolute atomic E-state index is 0.0189. The largest absolute Gasteiger partial charge is 0.506 e. The van der Waals surface area contributed by atoms with Crippen LogP contribution < -0.4 is 14.7 Å². The minimum atomic E-state index is -0.505. The number of benzene rings is 2. The van der Waals surface area contributed by atoms with Gasteiger partial charge in [-0.15, -0.1) is 0 Å². The van der Waals surface area contributed by atoms with E-state index in [-0.39, 0.29) is 30.5 Å². The van der Waals surface area contributed by atoms with Crippen molar-refractivity contribution >= 4 is 28.9 Å². The van der Waals surface area contributed by atoms with Crippen molar-refractivity contribution in [1.82, 2.24) is 4.98 Å². The summed E-state index contributed by atoms with van der Waals surface area (Å²) < 4.78 is 0. The van der Waals surface area contributed by atoms with Gasteiger partial charge in [-0.1, -0.05) is 18.2 Å². The second kappa shape index (κ2) is 9.55. The Bertz CT molecular complexity index is 1160. The Hall–Kier alpha value is -3.87. The van der Waals surface area contributed by atoms with Gasteiger partial charge in [0.2, 0.25) is 11.8 Å². The van der Waals surface area contributed by atoms with E-state index < -0.39 is 5.92 Å². The van der Waals surface area contributed by atoms with Crippen LogP contribution in [0.1, 0.15) is 25.0 Å². The van der Waals surface area contributed by atoms with Gasteiger partial charge in [0.05, 0.1) is 23.8 Å². The molecule has 1 N–H and O–H groups in total. The molecule has 3 heterocycles. The quantitative estimate of drug-likeness (QED) is 0.607. The SMILES string of the molecule is O=C1CC(C(=O)N(Cc2ccccn2)c2ccccc2O)CN1c1ccc(N2CCCC2)cc1. The molecule has 2 fully saturated rings. The lowest BCUT2D eigenvalue weighted by Gasteiger charge is -2.26. The number of aromatic nitrogens is 1. The van der Waals surface area contributed by atoms with E-state index in [1.807, 2.05) is 30.3 Å². The average Bonchev–Trinajstić information content (AvgIpc) is 3.54. The van der Waals surface area contributed by atoms with Crippen molar-refractivity contribution in [2.24, 2.45) is 5.92 Å². The number of hydrogen-bond acceptors (Lipinski definition) is 5. The standard InChI is InChI=1S/C27H28N4O3/c32-25-9-2-1-8-24(25)31(19-21-7-3-4-14-28-21)27(34)20-17-26(33)30(18-20)23-12-10-22(11-13-23)29-15-5-6-16-29/h1-4,7-14,20,32H,5-6,15-19H2. The monoisotopic (exact) mass is 456 g/mol. The summed E-state index contributed by atoms with van der Waals surface area (Å²) in [7, 11) is 0. The summed E-state index contributed by atoms with van der Waals surface area (Å²) >= 11 is 0. The highest BCUT2D eigenvalue weighted by atomic mass is 16.3. The van der Waals surface area contributed by atoms with Crippen molar-refractivity contribution in [3.8, 4) is 5.75 Å². The lowest BCUT2D eigenvalue weighted by atomic mass is 10.1. The van der Waals surface area contributed by atoms with E-state index in [4.69, 9.17) is 0 Å². The van der Waals surface area contributed by atoms with Crippen molar-refractivity contribution in [2.75, 3.05) is 34.3 Å². The normalized spacial score (nSPS) is 17.9. The van der Waals surface area contributed by atoms with Crippen LogP contribution in [-0.2, 0) is 16.1 Å². The Morgan fingerprint density at radius 1 is 0.971 bits per heavy atom. The summed E-state index contributed by atoms with van der Waals surface area (Å²) in [5, 5.41) is 10.5. The van der Waals surface area contributed by atoms with Crippen LogP contribution in [0.15, 0.2) is 72.9 Å². The average molecular weight is 457 g/mol. The summed E-state index contributed by atoms with van der Waals surface area (Å²) in [5.41, 5.74) is 3.10. The van der Waals surface area contributed by atoms with Gasteiger partial charge in [-0.25, -0.2) is 0 Å². The third kappa shape index (κ3) is 4.46. The number of aromatic hydroxyl groups is 1. The van der Waals surface area contributed by atoms with Gasteiger partial charge in [0.25, 0.3) is 0 Å². The molecule has 7 heteroatoms. The van der Waals surface area contributed by atoms with Crippen molar-refractivity contribution in [3.63, 3.8) is 0 Å². The van der Waals surface area contributed by atoms with Crippen molar-refractivity contribution < 1.29 is 14.7 Å². The highest BCUT2D eigenvalue weighted by molar-refractivity contribution is 6.04. The number of phenols is 1. The maximum absolute atomic E-state index is 13.7. The van der Waals surface area contributed by atoms with Crippen LogP contribution >= 0.6 is 0 Å². The molecule has 5 rings (SSSR count). The van der Waals surface area contributed by atoms with Crippen LogP contribution in [-0.4, -0.2) is 41.5 Å². The number of rotatable bonds is 6. The lowest BCUT2D eigenvalue weighted by Crippen LogP contribution is -2.37. The minimum Gasteiger partial charge on any atom is -0.506 e. The van der Waals surface area contributed by atoms with Gasteiger partial charge in [0.1, 0.15) is 5.75 Å². The number of para-hydroxylation sites is 2. The molecule has 1 atom stereocenters. The van der Waals surface area contributed by atoms with Crippen LogP contribution in [0.4, 0.5) is 17.1 Å². The van der Waals surface area contributed by atoms with E-state index in [9.17, 15) is 14.7 Å². The molecule has 2 aliphatic heterocycles. The topological polar surface area (TPSA) is 77.0 Å². The Morgan fingerprint density at radius 3 is 2.38 bits per heavy atom. The molecule has 2 amide bonds. The van der Waals surface area contributed by atoms with E-state index in [0.717, 1.165) is 18.8 Å². The number of carbonyl (C=O) groups excluding carboxylic acids is 2. The molecule has 34 heavy (non-hydrogen) atoms. The zero-order valence-corrected chi connectivity index (χ0v) is 19.0. The maximum atomic E-state index is 13.7. The summed E-state index contributed by atoms with van der Waals surface area (Å²) in [6.45, 7) is 2.66. The van der Waals surface area contributed by atoms with Crippen molar-refractivity contribution in [1.29, 1.82) is 0 Å². The predicted octanol–water partition coefficient (Wildman–Crippen LogP) is 3.97. The summed E-state index contributed by atoms with van der Waals surface area (Å²) in [6, 6.07) is 20.3. The molecule has 0 radical (unpaired) electrons. The Balaban J connectivity index is 1.36. The van der Waals surface area contributed by atoms with Gasteiger partial charge < -0.3 is 19.8 Å². The molecular weight excluding hydrogens is 428 g/mol. The molecule has 0 aliphatic carbocycles. The smallest absolute Gasteiger partial charge is 0.232 e. The summed E-state index contributed by atoms with van der Waals surface area (Å²) in [4.78, 5) is 36.5. The maximum Gasteiger partial charge on any atom is 0.232 e. The molecule has 1 unspecified atom stereocenters. The first kappa shape index (κ1) is 21.9. The van der Waals surface area contributed by atoms with E-state index in [0.29, 0.717) is 17.9 Å². The van der Waals surface area contributed by atoms with Gasteiger partial charge in [0, 0.05) is 43.6 Å². The molecule has 0 saturated carbocycles. The highest BCUT2D eigenvalue weighted by Gasteiger charge is 2.38. The van der Waals surface area contributed by atoms with Crippen LogP contribution in [0.5, 0.6) is 5.75 Å². The first-order valence-corrected chi connectivity index (χ1v) is 11.7. The van der Waals surface area contributed by atoms with Crippen LogP contribution in [0.25, 0.3) is 0 Å². The number of amides is 2. The molecule has 7 nitrogen and oxygen atoms in total. The third-order valence-electron chi connectivity index (χ3n) is 6.59. The summed E-state index contributed by atoms with van der Waals surface area (Å²) in [5.74, 6) is -0.751. The predicted molar refractivity (Wildman–Crippen MR) is 132 cm³/mol. The number of phenolic OH excluding ortho intramolecular Hbond substituents is 1. The number of pyridine rings is 1. The van der Waals surface area contributed by atoms with E-state index in [1.54, 1.807) is 35.4 Å². The second-order valence-corrected chi connectivity index (χ2v) is 8.85. The van der Waals surface area contributed by atoms with Crippen molar-refractivity contribution in [3.05, 3.63) is 78.6 Å². The fourth-order valence-electron chi connectivity index (χ4n) is 4.79. The number of carbonyl (C=O) groups is 2. The Kier molecular flexibility index (Phi) is 6.16. The Labute approximate surface area is 199 Å². The molecule has 2 saturated heterocycles. The number of anilines is 3. The van der Waals surface area contributed by atoms with Gasteiger partial charge >= 0.3 is 0 Å². The molecule has 2 aromatic carbocycles. The fraction of sp³-hybridized carbons (Fsp3) is 0.296. The highest BCUT2D eigenvalue weighted by Crippen LogP contribution is 2.33.